The van der Waals surface area contributed by atoms with E-state index >= 15 is 0 Å². The summed E-state index contributed by atoms with van der Waals surface area (Å²) in [7, 11) is -1.34. The van der Waals surface area contributed by atoms with Crippen molar-refractivity contribution in [1.29, 1.82) is 0 Å². The van der Waals surface area contributed by atoms with Gasteiger partial charge in [-0.05, 0) is 31.6 Å². The maximum Gasteiger partial charge on any atom is 0.398 e. The van der Waals surface area contributed by atoms with Crippen LogP contribution in [0.4, 0.5) is 0 Å². The van der Waals surface area contributed by atoms with Gasteiger partial charge in [0.05, 0.1) is 0 Å². The summed E-state index contributed by atoms with van der Waals surface area (Å²) in [4.78, 5) is 0. The molecule has 1 aromatic carbocycles. The van der Waals surface area contributed by atoms with E-state index in [0.717, 1.165) is 12.2 Å². The van der Waals surface area contributed by atoms with Crippen molar-refractivity contribution in [3.63, 3.8) is 0 Å². The summed E-state index contributed by atoms with van der Waals surface area (Å²) in [6.45, 7) is 19.7. The topological polar surface area (TPSA) is 27.7 Å². The van der Waals surface area contributed by atoms with Crippen LogP contribution in [0.2, 0.25) is 0 Å². The van der Waals surface area contributed by atoms with Crippen molar-refractivity contribution in [3.8, 4) is 5.75 Å². The minimum atomic E-state index is -1.34. The summed E-state index contributed by atoms with van der Waals surface area (Å²) in [5, 5.41) is 0. The minimum absolute atomic E-state index is 0.00681. The van der Waals surface area contributed by atoms with Crippen LogP contribution in [0.15, 0.2) is 12.1 Å². The fourth-order valence-electron chi connectivity index (χ4n) is 3.30. The summed E-state index contributed by atoms with van der Waals surface area (Å²) in [6, 6.07) is 4.47. The molecule has 2 aliphatic rings. The highest BCUT2D eigenvalue weighted by atomic mass is 31.2. The molecule has 0 amide bonds. The van der Waals surface area contributed by atoms with Crippen molar-refractivity contribution >= 4 is 8.60 Å². The lowest BCUT2D eigenvalue weighted by Gasteiger charge is -2.31. The average molecular weight is 350 g/mol. The maximum atomic E-state index is 6.40. The Hall–Kier alpha value is -0.630. The highest BCUT2D eigenvalue weighted by molar-refractivity contribution is 7.42. The van der Waals surface area contributed by atoms with E-state index < -0.39 is 8.60 Å². The molecule has 1 saturated carbocycles. The fourth-order valence-corrected chi connectivity index (χ4v) is 4.93. The molecule has 0 radical (unpaired) electrons. The van der Waals surface area contributed by atoms with Crippen molar-refractivity contribution < 1.29 is 13.6 Å². The highest BCUT2D eigenvalue weighted by Gasteiger charge is 2.72. The molecule has 3 rings (SSSR count). The molecule has 0 aromatic heterocycles. The van der Waals surface area contributed by atoms with E-state index in [0.29, 0.717) is 0 Å². The lowest BCUT2D eigenvalue weighted by molar-refractivity contribution is 0.187. The average Bonchev–Trinajstić information content (AvgIpc) is 2.78. The van der Waals surface area contributed by atoms with Gasteiger partial charge in [0.15, 0.2) is 0 Å². The van der Waals surface area contributed by atoms with Gasteiger partial charge in [-0.2, -0.15) is 0 Å². The van der Waals surface area contributed by atoms with Crippen molar-refractivity contribution in [3.05, 3.63) is 28.8 Å². The van der Waals surface area contributed by atoms with E-state index in [1.54, 1.807) is 0 Å². The summed E-state index contributed by atoms with van der Waals surface area (Å²) in [5.74, 6) is 0.945. The van der Waals surface area contributed by atoms with Gasteiger partial charge in [0, 0.05) is 17.5 Å². The van der Waals surface area contributed by atoms with Crippen molar-refractivity contribution in [2.75, 3.05) is 0 Å². The molecule has 134 valence electrons. The van der Waals surface area contributed by atoms with Gasteiger partial charge in [0.25, 0.3) is 0 Å². The van der Waals surface area contributed by atoms with Crippen LogP contribution >= 0.6 is 8.60 Å². The van der Waals surface area contributed by atoms with Crippen LogP contribution in [0.5, 0.6) is 5.75 Å². The van der Waals surface area contributed by atoms with Gasteiger partial charge in [-0.1, -0.05) is 59.2 Å². The Morgan fingerprint density at radius 1 is 0.917 bits per heavy atom. The molecule has 1 aliphatic carbocycles. The second kappa shape index (κ2) is 5.19. The van der Waals surface area contributed by atoms with Gasteiger partial charge in [-0.15, -0.1) is 0 Å². The van der Waals surface area contributed by atoms with Crippen molar-refractivity contribution in [1.82, 2.24) is 0 Å². The molecular formula is C20H31O3P. The number of benzene rings is 1. The Balaban J connectivity index is 2.02. The predicted molar refractivity (Wildman–Crippen MR) is 99.7 cm³/mol. The summed E-state index contributed by atoms with van der Waals surface area (Å²) in [5.41, 5.74) is 3.34. The molecule has 1 heterocycles. The van der Waals surface area contributed by atoms with E-state index in [4.69, 9.17) is 13.6 Å². The van der Waals surface area contributed by atoms with Crippen LogP contribution in [0.25, 0.3) is 0 Å². The molecule has 0 spiro atoms. The third-order valence-corrected chi connectivity index (χ3v) is 6.67. The lowest BCUT2D eigenvalue weighted by Crippen LogP contribution is -2.19. The zero-order valence-corrected chi connectivity index (χ0v) is 17.4. The third-order valence-electron chi connectivity index (χ3n) is 5.24. The Morgan fingerprint density at radius 2 is 1.33 bits per heavy atom. The molecule has 0 bridgehead atoms. The number of hydrogen-bond acceptors (Lipinski definition) is 3. The predicted octanol–water partition coefficient (Wildman–Crippen LogP) is 6.16. The molecular weight excluding hydrogens is 319 g/mol. The number of hydrogen-bond donors (Lipinski definition) is 0. The van der Waals surface area contributed by atoms with Gasteiger partial charge in [-0.25, -0.2) is 0 Å². The van der Waals surface area contributed by atoms with Crippen LogP contribution in [-0.2, 0) is 19.9 Å². The van der Waals surface area contributed by atoms with E-state index in [2.05, 4.69) is 74.4 Å². The fraction of sp³-hybridized carbons (Fsp3) is 0.700. The van der Waals surface area contributed by atoms with Crippen LogP contribution in [0.3, 0.4) is 0 Å². The van der Waals surface area contributed by atoms with E-state index in [1.165, 1.54) is 16.7 Å². The minimum Gasteiger partial charge on any atom is -0.426 e. The Bertz CT molecular complexity index is 619. The van der Waals surface area contributed by atoms with Gasteiger partial charge < -0.3 is 4.52 Å². The summed E-state index contributed by atoms with van der Waals surface area (Å²) < 4.78 is 18.6. The van der Waals surface area contributed by atoms with Crippen LogP contribution < -0.4 is 4.52 Å². The highest BCUT2D eigenvalue weighted by Crippen LogP contribution is 2.71. The Labute approximate surface area is 148 Å². The molecule has 24 heavy (non-hydrogen) atoms. The van der Waals surface area contributed by atoms with E-state index in [-0.39, 0.29) is 22.0 Å². The van der Waals surface area contributed by atoms with Crippen molar-refractivity contribution in [2.45, 2.75) is 90.8 Å². The van der Waals surface area contributed by atoms with Gasteiger partial charge in [-0.3, -0.25) is 9.05 Å². The molecule has 1 saturated heterocycles. The molecule has 1 aliphatic heterocycles. The lowest BCUT2D eigenvalue weighted by atomic mass is 9.78. The Kier molecular flexibility index (Phi) is 3.93. The summed E-state index contributed by atoms with van der Waals surface area (Å²) in [6.07, 6.45) is 0.953. The number of fused-ring (bicyclic) bond motifs is 1. The molecule has 2 unspecified atom stereocenters. The largest absolute Gasteiger partial charge is 0.426 e. The molecule has 2 atom stereocenters. The van der Waals surface area contributed by atoms with Crippen LogP contribution in [0.1, 0.15) is 78.5 Å². The smallest absolute Gasteiger partial charge is 0.398 e. The number of aryl methyl sites for hydroxylation is 1. The van der Waals surface area contributed by atoms with Gasteiger partial charge >= 0.3 is 8.60 Å². The number of rotatable bonds is 2. The SMILES string of the molecule is Cc1cc(C(C)(C)C)c(OP2OC3(C)CC3(C)O2)c(C(C)(C)C)c1. The molecule has 1 aromatic rings. The first-order chi connectivity index (χ1) is 10.8. The molecule has 2 fully saturated rings. The van der Waals surface area contributed by atoms with Crippen molar-refractivity contribution in [2.24, 2.45) is 0 Å². The third kappa shape index (κ3) is 3.00. The second-order valence-corrected chi connectivity index (χ2v) is 10.8. The van der Waals surface area contributed by atoms with Crippen LogP contribution in [-0.4, -0.2) is 11.2 Å². The molecule has 4 heteroatoms. The maximum absolute atomic E-state index is 6.40. The Morgan fingerprint density at radius 3 is 1.71 bits per heavy atom. The zero-order chi connectivity index (χ0) is 18.1. The van der Waals surface area contributed by atoms with Crippen LogP contribution in [0, 0.1) is 6.92 Å². The normalized spacial score (nSPS) is 32.6. The zero-order valence-electron chi connectivity index (χ0n) is 16.5. The summed E-state index contributed by atoms with van der Waals surface area (Å²) >= 11 is 0. The van der Waals surface area contributed by atoms with Gasteiger partial charge in [0.2, 0.25) is 0 Å². The van der Waals surface area contributed by atoms with Gasteiger partial charge in [0.1, 0.15) is 17.0 Å². The first kappa shape index (κ1) is 18.2. The molecule has 3 nitrogen and oxygen atoms in total. The van der Waals surface area contributed by atoms with E-state index in [1.807, 2.05) is 0 Å². The quantitative estimate of drug-likeness (QED) is 0.598. The molecule has 0 N–H and O–H groups in total. The first-order valence-electron chi connectivity index (χ1n) is 8.77. The van der Waals surface area contributed by atoms with E-state index in [9.17, 15) is 0 Å². The monoisotopic (exact) mass is 350 g/mol. The second-order valence-electron chi connectivity index (χ2n) is 9.83. The standard InChI is InChI=1S/C20H31O3P/c1-13-10-14(17(2,3)4)16(15(11-13)18(5,6)7)21-24-22-19(8)12-20(19,9)23-24/h10-11H,12H2,1-9H3. The first-order valence-corrected chi connectivity index (χ1v) is 9.87.